The lowest BCUT2D eigenvalue weighted by Gasteiger charge is -2.36. The van der Waals surface area contributed by atoms with Gasteiger partial charge in [-0.25, -0.2) is 4.98 Å². The molecule has 1 saturated heterocycles. The molecular weight excluding hydrogens is 336 g/mol. The van der Waals surface area contributed by atoms with E-state index in [9.17, 15) is 4.79 Å². The van der Waals surface area contributed by atoms with E-state index in [1.807, 2.05) is 6.07 Å². The van der Waals surface area contributed by atoms with Gasteiger partial charge >= 0.3 is 0 Å². The summed E-state index contributed by atoms with van der Waals surface area (Å²) in [4.78, 5) is 22.4. The van der Waals surface area contributed by atoms with E-state index in [1.54, 1.807) is 0 Å². The smallest absolute Gasteiger partial charge is 0.227 e. The van der Waals surface area contributed by atoms with Crippen LogP contribution >= 0.6 is 0 Å². The molecule has 0 saturated carbocycles. The molecule has 5 heteroatoms. The van der Waals surface area contributed by atoms with Gasteiger partial charge in [-0.1, -0.05) is 25.5 Å². The highest BCUT2D eigenvalue weighted by atomic mass is 16.2. The number of hydrogen-bond acceptors (Lipinski definition) is 3. The summed E-state index contributed by atoms with van der Waals surface area (Å²) in [5, 5.41) is 0. The van der Waals surface area contributed by atoms with Crippen LogP contribution in [0.25, 0.3) is 11.0 Å². The van der Waals surface area contributed by atoms with Crippen LogP contribution in [0.15, 0.2) is 24.3 Å². The number of carbonyl (C=O) groups is 1. The highest BCUT2D eigenvalue weighted by molar-refractivity contribution is 5.79. The minimum absolute atomic E-state index is 0.118. The van der Waals surface area contributed by atoms with Crippen LogP contribution in [-0.2, 0) is 18.4 Å². The molecule has 0 unspecified atom stereocenters. The first-order valence-corrected chi connectivity index (χ1v) is 10.4. The van der Waals surface area contributed by atoms with E-state index in [2.05, 4.69) is 60.4 Å². The molecular formula is C22H34N4O. The molecule has 5 nitrogen and oxygen atoms in total. The number of piperidine rings is 1. The van der Waals surface area contributed by atoms with Gasteiger partial charge < -0.3 is 9.47 Å². The van der Waals surface area contributed by atoms with Crippen molar-refractivity contribution in [2.75, 3.05) is 19.6 Å². The molecule has 1 aliphatic heterocycles. The zero-order chi connectivity index (χ0) is 19.4. The van der Waals surface area contributed by atoms with Crippen molar-refractivity contribution in [3.8, 4) is 0 Å². The maximum absolute atomic E-state index is 13.1. The second-order valence-electron chi connectivity index (χ2n) is 8.13. The first kappa shape index (κ1) is 19.9. The van der Waals surface area contributed by atoms with Crippen molar-refractivity contribution in [2.24, 2.45) is 13.0 Å². The van der Waals surface area contributed by atoms with Crippen LogP contribution in [0.3, 0.4) is 0 Å². The fourth-order valence-corrected chi connectivity index (χ4v) is 4.12. The third kappa shape index (κ3) is 4.52. The Morgan fingerprint density at radius 2 is 2.11 bits per heavy atom. The second-order valence-corrected chi connectivity index (χ2v) is 8.13. The summed E-state index contributed by atoms with van der Waals surface area (Å²) < 4.78 is 2.18. The van der Waals surface area contributed by atoms with Gasteiger partial charge in [-0.2, -0.15) is 0 Å². The Labute approximate surface area is 163 Å². The van der Waals surface area contributed by atoms with Crippen molar-refractivity contribution in [3.63, 3.8) is 0 Å². The number of fused-ring (bicyclic) bond motifs is 1. The molecule has 0 bridgehead atoms. The van der Waals surface area contributed by atoms with Crippen molar-refractivity contribution < 1.29 is 4.79 Å². The number of nitrogens with zero attached hydrogens (tertiary/aromatic N) is 4. The molecule has 0 N–H and O–H groups in total. The molecule has 148 valence electrons. The largest absolute Gasteiger partial charge is 0.340 e. The number of rotatable bonds is 7. The van der Waals surface area contributed by atoms with E-state index in [1.165, 1.54) is 5.52 Å². The van der Waals surface area contributed by atoms with Crippen LogP contribution in [0.2, 0.25) is 0 Å². The monoisotopic (exact) mass is 370 g/mol. The molecule has 1 aromatic carbocycles. The van der Waals surface area contributed by atoms with E-state index >= 15 is 0 Å². The van der Waals surface area contributed by atoms with Gasteiger partial charge in [0.1, 0.15) is 5.82 Å². The fourth-order valence-electron chi connectivity index (χ4n) is 4.12. The minimum atomic E-state index is 0.118. The predicted octanol–water partition coefficient (Wildman–Crippen LogP) is 3.82. The topological polar surface area (TPSA) is 41.4 Å². The summed E-state index contributed by atoms with van der Waals surface area (Å²) in [7, 11) is 2.09. The number of imidazole rings is 1. The van der Waals surface area contributed by atoms with Crippen molar-refractivity contribution in [2.45, 2.75) is 59.0 Å². The lowest BCUT2D eigenvalue weighted by Crippen LogP contribution is -2.47. The second kappa shape index (κ2) is 8.87. The summed E-state index contributed by atoms with van der Waals surface area (Å²) in [5.74, 6) is 1.54. The van der Waals surface area contributed by atoms with Gasteiger partial charge in [-0.05, 0) is 51.8 Å². The van der Waals surface area contributed by atoms with Gasteiger partial charge in [0.2, 0.25) is 5.91 Å². The first-order valence-electron chi connectivity index (χ1n) is 10.4. The SMILES string of the molecule is CCCCN(C(=O)[C@@H]1CCCN(Cc2nc3ccccc3n2C)C1)C(C)C. The van der Waals surface area contributed by atoms with Crippen LogP contribution in [0, 0.1) is 5.92 Å². The Balaban J connectivity index is 1.68. The van der Waals surface area contributed by atoms with Gasteiger partial charge in [-0.15, -0.1) is 0 Å². The van der Waals surface area contributed by atoms with E-state index in [-0.39, 0.29) is 12.0 Å². The fraction of sp³-hybridized carbons (Fsp3) is 0.636. The highest BCUT2D eigenvalue weighted by Crippen LogP contribution is 2.23. The van der Waals surface area contributed by atoms with Crippen LogP contribution < -0.4 is 0 Å². The van der Waals surface area contributed by atoms with Gasteiger partial charge in [0.25, 0.3) is 0 Å². The van der Waals surface area contributed by atoms with Crippen molar-refractivity contribution >= 4 is 16.9 Å². The summed E-state index contributed by atoms with van der Waals surface area (Å²) in [6.07, 6.45) is 4.30. The molecule has 0 aliphatic carbocycles. The molecule has 1 atom stereocenters. The summed E-state index contributed by atoms with van der Waals surface area (Å²) in [5.41, 5.74) is 2.22. The van der Waals surface area contributed by atoms with Crippen molar-refractivity contribution in [1.82, 2.24) is 19.4 Å². The van der Waals surface area contributed by atoms with E-state index in [4.69, 9.17) is 4.98 Å². The number of carbonyl (C=O) groups excluding carboxylic acids is 1. The first-order chi connectivity index (χ1) is 13.0. The van der Waals surface area contributed by atoms with Gasteiger partial charge in [0, 0.05) is 26.2 Å². The number of aryl methyl sites for hydroxylation is 1. The maximum Gasteiger partial charge on any atom is 0.227 e. The van der Waals surface area contributed by atoms with Crippen molar-refractivity contribution in [1.29, 1.82) is 0 Å². The van der Waals surface area contributed by atoms with Crippen LogP contribution in [0.5, 0.6) is 0 Å². The lowest BCUT2D eigenvalue weighted by molar-refractivity contribution is -0.139. The summed E-state index contributed by atoms with van der Waals surface area (Å²) >= 11 is 0. The predicted molar refractivity (Wildman–Crippen MR) is 110 cm³/mol. The molecule has 2 heterocycles. The Hall–Kier alpha value is -1.88. The van der Waals surface area contributed by atoms with E-state index in [0.717, 1.165) is 63.2 Å². The van der Waals surface area contributed by atoms with Gasteiger partial charge in [0.05, 0.1) is 23.5 Å². The Kier molecular flexibility index (Phi) is 6.53. The highest BCUT2D eigenvalue weighted by Gasteiger charge is 2.30. The van der Waals surface area contributed by atoms with Gasteiger partial charge in [0.15, 0.2) is 0 Å². The Morgan fingerprint density at radius 3 is 2.81 bits per heavy atom. The van der Waals surface area contributed by atoms with Crippen LogP contribution in [-0.4, -0.2) is 50.9 Å². The van der Waals surface area contributed by atoms with E-state index in [0.29, 0.717) is 5.91 Å². The number of benzene rings is 1. The molecule has 1 amide bonds. The van der Waals surface area contributed by atoms with Crippen LogP contribution in [0.1, 0.15) is 52.3 Å². The molecule has 1 aliphatic rings. The molecule has 1 aromatic heterocycles. The Bertz CT molecular complexity index is 767. The third-order valence-corrected chi connectivity index (χ3v) is 5.76. The summed E-state index contributed by atoms with van der Waals surface area (Å²) in [6.45, 7) is 10.0. The molecule has 0 radical (unpaired) electrons. The molecule has 27 heavy (non-hydrogen) atoms. The Morgan fingerprint density at radius 1 is 1.33 bits per heavy atom. The van der Waals surface area contributed by atoms with Crippen LogP contribution in [0.4, 0.5) is 0 Å². The zero-order valence-electron chi connectivity index (χ0n) is 17.3. The number of para-hydroxylation sites is 2. The van der Waals surface area contributed by atoms with E-state index < -0.39 is 0 Å². The quantitative estimate of drug-likeness (QED) is 0.744. The number of unbranched alkanes of at least 4 members (excludes halogenated alkanes) is 1. The zero-order valence-corrected chi connectivity index (χ0v) is 17.3. The average Bonchev–Trinajstić information content (AvgIpc) is 2.98. The molecule has 2 aromatic rings. The maximum atomic E-state index is 13.1. The molecule has 1 fully saturated rings. The summed E-state index contributed by atoms with van der Waals surface area (Å²) in [6, 6.07) is 8.54. The number of aromatic nitrogens is 2. The molecule has 3 rings (SSSR count). The number of likely N-dealkylation sites (tertiary alicyclic amines) is 1. The van der Waals surface area contributed by atoms with Gasteiger partial charge in [-0.3, -0.25) is 9.69 Å². The number of amides is 1. The minimum Gasteiger partial charge on any atom is -0.340 e. The normalized spacial score (nSPS) is 18.3. The third-order valence-electron chi connectivity index (χ3n) is 5.76. The average molecular weight is 371 g/mol. The molecule has 0 spiro atoms. The standard InChI is InChI=1S/C22H34N4O/c1-5-6-14-26(17(2)3)22(27)18-10-9-13-25(15-18)16-21-23-19-11-7-8-12-20(19)24(21)4/h7-8,11-12,17-18H,5-6,9-10,13-16H2,1-4H3/t18-/m1/s1. The van der Waals surface area contributed by atoms with Crippen molar-refractivity contribution in [3.05, 3.63) is 30.1 Å². The lowest BCUT2D eigenvalue weighted by atomic mass is 9.95. The number of hydrogen-bond donors (Lipinski definition) is 0.